The highest BCUT2D eigenvalue weighted by Crippen LogP contribution is 2.43. The molecule has 2 fully saturated rings. The summed E-state index contributed by atoms with van der Waals surface area (Å²) in [5.41, 5.74) is 1.16. The van der Waals surface area contributed by atoms with Crippen LogP contribution in [0.15, 0.2) is 5.38 Å². The lowest BCUT2D eigenvalue weighted by Crippen LogP contribution is -2.24. The van der Waals surface area contributed by atoms with Gasteiger partial charge in [-0.2, -0.15) is 0 Å². The van der Waals surface area contributed by atoms with Crippen molar-refractivity contribution in [3.8, 4) is 0 Å². The Hall–Kier alpha value is -0.450. The zero-order valence-corrected chi connectivity index (χ0v) is 11.2. The highest BCUT2D eigenvalue weighted by Gasteiger charge is 2.38. The summed E-state index contributed by atoms with van der Waals surface area (Å²) >= 11 is 1.78. The molecule has 0 radical (unpaired) electrons. The first-order valence-corrected chi connectivity index (χ1v) is 7.46. The fourth-order valence-electron chi connectivity index (χ4n) is 3.04. The lowest BCUT2D eigenvalue weighted by atomic mass is 10.0. The fourth-order valence-corrected chi connectivity index (χ4v) is 4.15. The van der Waals surface area contributed by atoms with Crippen LogP contribution in [0, 0.1) is 0 Å². The molecular weight excluding hydrogens is 232 g/mol. The van der Waals surface area contributed by atoms with Crippen LogP contribution < -0.4 is 5.32 Å². The summed E-state index contributed by atoms with van der Waals surface area (Å²) in [5, 5.41) is 6.93. The van der Waals surface area contributed by atoms with Crippen LogP contribution in [0.3, 0.4) is 0 Å². The standard InChI is InChI=1S/C13H20N2OS/c1-16-13(6-2-3-7-13)12-15-11(9-17-12)10-5-4-8-14-10/h9-10,14H,2-8H2,1H3. The monoisotopic (exact) mass is 252 g/mol. The van der Waals surface area contributed by atoms with Crippen molar-refractivity contribution in [3.05, 3.63) is 16.1 Å². The van der Waals surface area contributed by atoms with E-state index in [-0.39, 0.29) is 5.60 Å². The predicted octanol–water partition coefficient (Wildman–Crippen LogP) is 2.98. The van der Waals surface area contributed by atoms with Gasteiger partial charge in [0.15, 0.2) is 0 Å². The lowest BCUT2D eigenvalue weighted by molar-refractivity contribution is -0.00900. The molecule has 2 aliphatic rings. The Kier molecular flexibility index (Phi) is 3.19. The zero-order chi connectivity index (χ0) is 11.7. The normalized spacial score (nSPS) is 27.7. The molecule has 1 aromatic heterocycles. The molecule has 3 rings (SSSR count). The molecule has 1 aromatic rings. The molecule has 17 heavy (non-hydrogen) atoms. The lowest BCUT2D eigenvalue weighted by Gasteiger charge is -2.24. The van der Waals surface area contributed by atoms with Gasteiger partial charge in [-0.25, -0.2) is 4.98 Å². The van der Waals surface area contributed by atoms with E-state index in [9.17, 15) is 0 Å². The summed E-state index contributed by atoms with van der Waals surface area (Å²) in [5.74, 6) is 0. The van der Waals surface area contributed by atoms with Crippen molar-refractivity contribution in [2.24, 2.45) is 0 Å². The molecule has 1 saturated carbocycles. The van der Waals surface area contributed by atoms with Gasteiger partial charge in [0.1, 0.15) is 10.6 Å². The minimum Gasteiger partial charge on any atom is -0.371 e. The summed E-state index contributed by atoms with van der Waals surface area (Å²) in [6.45, 7) is 1.13. The molecule has 2 heterocycles. The molecule has 0 aromatic carbocycles. The van der Waals surface area contributed by atoms with Gasteiger partial charge in [0, 0.05) is 12.5 Å². The summed E-state index contributed by atoms with van der Waals surface area (Å²) < 4.78 is 5.79. The Morgan fingerprint density at radius 1 is 1.41 bits per heavy atom. The van der Waals surface area contributed by atoms with Gasteiger partial charge in [-0.15, -0.1) is 11.3 Å². The minimum atomic E-state index is -0.0679. The van der Waals surface area contributed by atoms with Crippen molar-refractivity contribution in [2.75, 3.05) is 13.7 Å². The van der Waals surface area contributed by atoms with E-state index in [2.05, 4.69) is 10.7 Å². The van der Waals surface area contributed by atoms with Crippen molar-refractivity contribution in [2.45, 2.75) is 50.2 Å². The van der Waals surface area contributed by atoms with Gasteiger partial charge in [0.05, 0.1) is 11.7 Å². The number of hydrogen-bond donors (Lipinski definition) is 1. The summed E-state index contributed by atoms with van der Waals surface area (Å²) in [4.78, 5) is 4.85. The summed E-state index contributed by atoms with van der Waals surface area (Å²) in [6, 6.07) is 0.482. The minimum absolute atomic E-state index is 0.0679. The maximum absolute atomic E-state index is 5.79. The largest absolute Gasteiger partial charge is 0.371 e. The van der Waals surface area contributed by atoms with Gasteiger partial charge >= 0.3 is 0 Å². The predicted molar refractivity (Wildman–Crippen MR) is 69.2 cm³/mol. The van der Waals surface area contributed by atoms with Crippen LogP contribution in [0.25, 0.3) is 0 Å². The molecule has 3 nitrogen and oxygen atoms in total. The molecule has 0 bridgehead atoms. The van der Waals surface area contributed by atoms with E-state index in [0.717, 1.165) is 19.4 Å². The fraction of sp³-hybridized carbons (Fsp3) is 0.769. The maximum Gasteiger partial charge on any atom is 0.125 e. The van der Waals surface area contributed by atoms with Crippen molar-refractivity contribution in [3.63, 3.8) is 0 Å². The van der Waals surface area contributed by atoms with Crippen molar-refractivity contribution >= 4 is 11.3 Å². The Morgan fingerprint density at radius 3 is 2.88 bits per heavy atom. The van der Waals surface area contributed by atoms with E-state index in [0.29, 0.717) is 6.04 Å². The van der Waals surface area contributed by atoms with Crippen LogP contribution in [-0.4, -0.2) is 18.6 Å². The third-order valence-electron chi connectivity index (χ3n) is 4.13. The highest BCUT2D eigenvalue weighted by atomic mass is 32.1. The number of hydrogen-bond acceptors (Lipinski definition) is 4. The molecule has 0 spiro atoms. The Bertz CT molecular complexity index is 379. The molecular formula is C13H20N2OS. The van der Waals surface area contributed by atoms with Gasteiger partial charge in [0.25, 0.3) is 0 Å². The molecule has 1 atom stereocenters. The molecule has 0 amide bonds. The van der Waals surface area contributed by atoms with E-state index < -0.39 is 0 Å². The van der Waals surface area contributed by atoms with Gasteiger partial charge in [-0.05, 0) is 32.2 Å². The van der Waals surface area contributed by atoms with Crippen molar-refractivity contribution in [1.29, 1.82) is 0 Å². The van der Waals surface area contributed by atoms with Crippen LogP contribution >= 0.6 is 11.3 Å². The summed E-state index contributed by atoms with van der Waals surface area (Å²) in [6.07, 6.45) is 7.30. The molecule has 4 heteroatoms. The van der Waals surface area contributed by atoms with E-state index in [1.165, 1.54) is 36.4 Å². The molecule has 1 aliphatic heterocycles. The SMILES string of the molecule is COC1(c2nc(C3CCCN3)cs2)CCCC1. The Labute approximate surface area is 107 Å². The number of ether oxygens (including phenoxy) is 1. The second-order valence-electron chi connectivity index (χ2n) is 5.13. The average molecular weight is 252 g/mol. The third-order valence-corrected chi connectivity index (χ3v) is 5.18. The second kappa shape index (κ2) is 4.67. The molecule has 1 aliphatic carbocycles. The number of nitrogens with one attached hydrogen (secondary N) is 1. The van der Waals surface area contributed by atoms with Gasteiger partial charge in [0.2, 0.25) is 0 Å². The number of aromatic nitrogens is 1. The molecule has 94 valence electrons. The summed E-state index contributed by atoms with van der Waals surface area (Å²) in [7, 11) is 1.83. The van der Waals surface area contributed by atoms with E-state index >= 15 is 0 Å². The first kappa shape index (κ1) is 11.6. The zero-order valence-electron chi connectivity index (χ0n) is 10.4. The van der Waals surface area contributed by atoms with Gasteiger partial charge < -0.3 is 10.1 Å². The smallest absolute Gasteiger partial charge is 0.125 e. The van der Waals surface area contributed by atoms with Crippen LogP contribution in [-0.2, 0) is 10.3 Å². The topological polar surface area (TPSA) is 34.1 Å². The number of nitrogens with zero attached hydrogens (tertiary/aromatic N) is 1. The second-order valence-corrected chi connectivity index (χ2v) is 5.99. The van der Waals surface area contributed by atoms with Crippen LogP contribution in [0.4, 0.5) is 0 Å². The quantitative estimate of drug-likeness (QED) is 0.898. The van der Waals surface area contributed by atoms with E-state index in [1.807, 2.05) is 7.11 Å². The molecule has 1 saturated heterocycles. The van der Waals surface area contributed by atoms with Crippen LogP contribution in [0.2, 0.25) is 0 Å². The third kappa shape index (κ3) is 2.02. The Balaban J connectivity index is 1.83. The van der Waals surface area contributed by atoms with Crippen LogP contribution in [0.5, 0.6) is 0 Å². The van der Waals surface area contributed by atoms with Crippen LogP contribution in [0.1, 0.15) is 55.3 Å². The van der Waals surface area contributed by atoms with E-state index in [4.69, 9.17) is 9.72 Å². The number of methoxy groups -OCH3 is 1. The Morgan fingerprint density at radius 2 is 2.24 bits per heavy atom. The molecule has 1 unspecified atom stereocenters. The molecule has 1 N–H and O–H groups in total. The number of thiazole rings is 1. The van der Waals surface area contributed by atoms with Gasteiger partial charge in [-0.1, -0.05) is 12.8 Å². The van der Waals surface area contributed by atoms with Crippen molar-refractivity contribution in [1.82, 2.24) is 10.3 Å². The highest BCUT2D eigenvalue weighted by molar-refractivity contribution is 7.09. The number of rotatable bonds is 3. The van der Waals surface area contributed by atoms with Crippen molar-refractivity contribution < 1.29 is 4.74 Å². The van der Waals surface area contributed by atoms with E-state index in [1.54, 1.807) is 11.3 Å². The first-order valence-electron chi connectivity index (χ1n) is 6.58. The first-order chi connectivity index (χ1) is 8.34. The average Bonchev–Trinajstić information content (AvgIpc) is 3.10. The maximum atomic E-state index is 5.79. The van der Waals surface area contributed by atoms with Gasteiger partial charge in [-0.3, -0.25) is 0 Å².